The standard InChI is InChI=1S/C18H29N/c1-5-13(2)10-15(4)19-17-11-16(12-17)18-9-7-6-8-14(18)3/h6-9,13,15-17,19H,5,10-12H2,1-4H3. The first kappa shape index (κ1) is 14.6. The molecule has 1 aliphatic rings. The molecule has 106 valence electrons. The smallest absolute Gasteiger partial charge is 0.00812 e. The summed E-state index contributed by atoms with van der Waals surface area (Å²) in [5, 5.41) is 3.80. The highest BCUT2D eigenvalue weighted by atomic mass is 15.0. The average molecular weight is 259 g/mol. The molecule has 0 aromatic heterocycles. The Morgan fingerprint density at radius 3 is 2.53 bits per heavy atom. The molecule has 1 N–H and O–H groups in total. The molecule has 1 fully saturated rings. The van der Waals surface area contributed by atoms with Gasteiger partial charge < -0.3 is 5.32 Å². The third kappa shape index (κ3) is 3.82. The van der Waals surface area contributed by atoms with Crippen molar-refractivity contribution in [3.05, 3.63) is 35.4 Å². The van der Waals surface area contributed by atoms with E-state index in [1.165, 1.54) is 31.2 Å². The fourth-order valence-electron chi connectivity index (χ4n) is 3.29. The van der Waals surface area contributed by atoms with Gasteiger partial charge in [0.15, 0.2) is 0 Å². The van der Waals surface area contributed by atoms with Crippen molar-refractivity contribution >= 4 is 0 Å². The van der Waals surface area contributed by atoms with Crippen molar-refractivity contribution in [3.63, 3.8) is 0 Å². The molecule has 0 amide bonds. The highest BCUT2D eigenvalue weighted by Gasteiger charge is 2.31. The zero-order valence-corrected chi connectivity index (χ0v) is 12.9. The third-order valence-electron chi connectivity index (χ3n) is 4.74. The van der Waals surface area contributed by atoms with Gasteiger partial charge in [0.25, 0.3) is 0 Å². The van der Waals surface area contributed by atoms with Gasteiger partial charge in [-0.25, -0.2) is 0 Å². The molecule has 0 bridgehead atoms. The van der Waals surface area contributed by atoms with Crippen LogP contribution in [0.4, 0.5) is 0 Å². The molecule has 1 aliphatic carbocycles. The number of rotatable bonds is 6. The van der Waals surface area contributed by atoms with Gasteiger partial charge in [-0.15, -0.1) is 0 Å². The van der Waals surface area contributed by atoms with Crippen LogP contribution in [-0.4, -0.2) is 12.1 Å². The van der Waals surface area contributed by atoms with Crippen molar-refractivity contribution in [2.45, 2.75) is 71.4 Å². The molecule has 0 aliphatic heterocycles. The monoisotopic (exact) mass is 259 g/mol. The third-order valence-corrected chi connectivity index (χ3v) is 4.74. The van der Waals surface area contributed by atoms with Crippen LogP contribution in [0, 0.1) is 12.8 Å². The maximum atomic E-state index is 3.80. The summed E-state index contributed by atoms with van der Waals surface area (Å²) < 4.78 is 0. The lowest BCUT2D eigenvalue weighted by molar-refractivity contribution is 0.254. The molecule has 0 radical (unpaired) electrons. The number of nitrogens with one attached hydrogen (secondary N) is 1. The minimum atomic E-state index is 0.665. The second-order valence-electron chi connectivity index (χ2n) is 6.54. The lowest BCUT2D eigenvalue weighted by atomic mass is 9.74. The fourth-order valence-corrected chi connectivity index (χ4v) is 3.29. The predicted octanol–water partition coefficient (Wildman–Crippen LogP) is 4.66. The number of benzene rings is 1. The Morgan fingerprint density at radius 1 is 1.21 bits per heavy atom. The molecule has 0 saturated heterocycles. The van der Waals surface area contributed by atoms with Crippen molar-refractivity contribution < 1.29 is 0 Å². The van der Waals surface area contributed by atoms with Crippen LogP contribution >= 0.6 is 0 Å². The SMILES string of the molecule is CCC(C)CC(C)NC1CC(c2ccccc2C)C1. The summed E-state index contributed by atoms with van der Waals surface area (Å²) in [4.78, 5) is 0. The summed E-state index contributed by atoms with van der Waals surface area (Å²) in [7, 11) is 0. The van der Waals surface area contributed by atoms with Gasteiger partial charge in [0.1, 0.15) is 0 Å². The molecular formula is C18H29N. The second-order valence-corrected chi connectivity index (χ2v) is 6.54. The zero-order valence-electron chi connectivity index (χ0n) is 12.9. The van der Waals surface area contributed by atoms with Crippen LogP contribution in [0.1, 0.15) is 63.5 Å². The van der Waals surface area contributed by atoms with Crippen LogP contribution in [0.25, 0.3) is 0 Å². The second kappa shape index (κ2) is 6.56. The molecule has 1 heteroatoms. The topological polar surface area (TPSA) is 12.0 Å². The highest BCUT2D eigenvalue weighted by Crippen LogP contribution is 2.38. The van der Waals surface area contributed by atoms with Gasteiger partial charge in [0.2, 0.25) is 0 Å². The molecule has 1 aromatic rings. The van der Waals surface area contributed by atoms with E-state index < -0.39 is 0 Å². The quantitative estimate of drug-likeness (QED) is 0.783. The molecule has 1 nitrogen and oxygen atoms in total. The molecule has 19 heavy (non-hydrogen) atoms. The highest BCUT2D eigenvalue weighted by molar-refractivity contribution is 5.31. The van der Waals surface area contributed by atoms with Crippen LogP contribution in [0.15, 0.2) is 24.3 Å². The summed E-state index contributed by atoms with van der Waals surface area (Å²) in [5.74, 6) is 1.63. The summed E-state index contributed by atoms with van der Waals surface area (Å²) in [6.45, 7) is 9.22. The maximum absolute atomic E-state index is 3.80. The summed E-state index contributed by atoms with van der Waals surface area (Å²) in [6.07, 6.45) is 5.23. The molecule has 0 heterocycles. The van der Waals surface area contributed by atoms with E-state index in [9.17, 15) is 0 Å². The van der Waals surface area contributed by atoms with E-state index in [2.05, 4.69) is 57.3 Å². The molecule has 0 spiro atoms. The van der Waals surface area contributed by atoms with Crippen molar-refractivity contribution in [2.75, 3.05) is 0 Å². The van der Waals surface area contributed by atoms with Crippen LogP contribution in [0.3, 0.4) is 0 Å². The summed E-state index contributed by atoms with van der Waals surface area (Å²) >= 11 is 0. The van der Waals surface area contributed by atoms with Gasteiger partial charge in [-0.2, -0.15) is 0 Å². The van der Waals surface area contributed by atoms with Gasteiger partial charge in [0.05, 0.1) is 0 Å². The number of hydrogen-bond donors (Lipinski definition) is 1. The van der Waals surface area contributed by atoms with Crippen molar-refractivity contribution in [3.8, 4) is 0 Å². The van der Waals surface area contributed by atoms with E-state index in [1.54, 1.807) is 5.56 Å². The van der Waals surface area contributed by atoms with E-state index in [0.29, 0.717) is 6.04 Å². The van der Waals surface area contributed by atoms with E-state index >= 15 is 0 Å². The van der Waals surface area contributed by atoms with E-state index in [0.717, 1.165) is 17.9 Å². The van der Waals surface area contributed by atoms with Crippen LogP contribution in [0.5, 0.6) is 0 Å². The Hall–Kier alpha value is -0.820. The van der Waals surface area contributed by atoms with E-state index in [4.69, 9.17) is 0 Å². The maximum Gasteiger partial charge on any atom is 0.00812 e. The number of aryl methyl sites for hydroxylation is 1. The molecule has 2 unspecified atom stereocenters. The van der Waals surface area contributed by atoms with Crippen molar-refractivity contribution in [1.29, 1.82) is 0 Å². The normalized spacial score (nSPS) is 25.7. The number of hydrogen-bond acceptors (Lipinski definition) is 1. The largest absolute Gasteiger partial charge is 0.311 e. The van der Waals surface area contributed by atoms with Gasteiger partial charge in [0, 0.05) is 12.1 Å². The Kier molecular flexibility index (Phi) is 5.04. The summed E-state index contributed by atoms with van der Waals surface area (Å²) in [5.41, 5.74) is 3.02. The predicted molar refractivity (Wildman–Crippen MR) is 83.6 cm³/mol. The first-order chi connectivity index (χ1) is 9.10. The Morgan fingerprint density at radius 2 is 1.89 bits per heavy atom. The van der Waals surface area contributed by atoms with Gasteiger partial charge in [-0.1, -0.05) is 44.5 Å². The average Bonchev–Trinajstić information content (AvgIpc) is 2.34. The van der Waals surface area contributed by atoms with Gasteiger partial charge >= 0.3 is 0 Å². The van der Waals surface area contributed by atoms with Crippen LogP contribution in [-0.2, 0) is 0 Å². The minimum absolute atomic E-state index is 0.665. The van der Waals surface area contributed by atoms with E-state index in [-0.39, 0.29) is 0 Å². The van der Waals surface area contributed by atoms with Gasteiger partial charge in [-0.3, -0.25) is 0 Å². The lowest BCUT2D eigenvalue weighted by Gasteiger charge is -2.39. The Labute approximate surface area is 118 Å². The first-order valence-corrected chi connectivity index (χ1v) is 7.91. The van der Waals surface area contributed by atoms with Gasteiger partial charge in [-0.05, 0) is 56.1 Å². The van der Waals surface area contributed by atoms with Crippen LogP contribution in [0.2, 0.25) is 0 Å². The minimum Gasteiger partial charge on any atom is -0.311 e. The molecule has 1 aromatic carbocycles. The molecule has 2 atom stereocenters. The Balaban J connectivity index is 1.76. The van der Waals surface area contributed by atoms with Crippen molar-refractivity contribution in [1.82, 2.24) is 5.32 Å². The molecular weight excluding hydrogens is 230 g/mol. The fraction of sp³-hybridized carbons (Fsp3) is 0.667. The molecule has 2 rings (SSSR count). The Bertz CT molecular complexity index is 392. The zero-order chi connectivity index (χ0) is 13.8. The molecule has 1 saturated carbocycles. The first-order valence-electron chi connectivity index (χ1n) is 7.91. The van der Waals surface area contributed by atoms with Crippen molar-refractivity contribution in [2.24, 2.45) is 5.92 Å². The van der Waals surface area contributed by atoms with E-state index in [1.807, 2.05) is 0 Å². The summed E-state index contributed by atoms with van der Waals surface area (Å²) in [6, 6.07) is 10.3. The van der Waals surface area contributed by atoms with Crippen LogP contribution < -0.4 is 5.32 Å². The lowest BCUT2D eigenvalue weighted by Crippen LogP contribution is -2.45.